The van der Waals surface area contributed by atoms with E-state index >= 15 is 0 Å². The summed E-state index contributed by atoms with van der Waals surface area (Å²) in [5.74, 6) is 4.66. The highest BCUT2D eigenvalue weighted by atomic mass is 16.1. The summed E-state index contributed by atoms with van der Waals surface area (Å²) in [6, 6.07) is 0.0982. The van der Waals surface area contributed by atoms with Crippen molar-refractivity contribution in [3.05, 3.63) is 11.8 Å². The van der Waals surface area contributed by atoms with Gasteiger partial charge < -0.3 is 11.1 Å². The number of carbonyl (C=O) groups is 1. The molecule has 164 valence electrons. The molecule has 4 aliphatic rings. The van der Waals surface area contributed by atoms with Crippen molar-refractivity contribution in [1.82, 2.24) is 5.32 Å². The number of hydrogen-bond acceptors (Lipinski definition) is 2. The molecule has 1 heterocycles. The van der Waals surface area contributed by atoms with Gasteiger partial charge in [-0.3, -0.25) is 4.79 Å². The Morgan fingerprint density at radius 3 is 2.59 bits per heavy atom. The molecule has 3 N–H and O–H groups in total. The Bertz CT molecular complexity index is 670. The lowest BCUT2D eigenvalue weighted by Gasteiger charge is -2.59. The highest BCUT2D eigenvalue weighted by Crippen LogP contribution is 2.66. The number of rotatable bonds is 5. The van der Waals surface area contributed by atoms with Crippen LogP contribution >= 0.6 is 0 Å². The molecule has 29 heavy (non-hydrogen) atoms. The molecule has 3 heteroatoms. The Labute approximate surface area is 178 Å². The van der Waals surface area contributed by atoms with Gasteiger partial charge in [-0.15, -0.1) is 0 Å². The first-order valence-electron chi connectivity index (χ1n) is 12.4. The predicted molar refractivity (Wildman–Crippen MR) is 120 cm³/mol. The zero-order valence-electron chi connectivity index (χ0n) is 19.5. The van der Waals surface area contributed by atoms with Crippen LogP contribution in [0.3, 0.4) is 0 Å². The predicted octanol–water partition coefficient (Wildman–Crippen LogP) is 5.65. The molecular formula is C26H44N2O. The molecule has 8 atom stereocenters. The lowest BCUT2D eigenvalue weighted by atomic mass is 9.47. The minimum Gasteiger partial charge on any atom is -0.329 e. The van der Waals surface area contributed by atoms with Crippen LogP contribution in [0.1, 0.15) is 92.4 Å². The molecule has 4 rings (SSSR count). The number of allylic oxidation sites excluding steroid dienone is 1. The van der Waals surface area contributed by atoms with E-state index in [0.29, 0.717) is 23.7 Å². The second-order valence-corrected chi connectivity index (χ2v) is 11.9. The first kappa shape index (κ1) is 21.4. The van der Waals surface area contributed by atoms with Gasteiger partial charge in [-0.05, 0) is 79.1 Å². The highest BCUT2D eigenvalue weighted by Gasteiger charge is 2.60. The number of amides is 1. The quantitative estimate of drug-likeness (QED) is 0.626. The average molecular weight is 401 g/mol. The molecule has 0 aromatic carbocycles. The third-order valence-electron chi connectivity index (χ3n) is 9.92. The van der Waals surface area contributed by atoms with Crippen molar-refractivity contribution in [2.24, 2.45) is 52.1 Å². The Kier molecular flexibility index (Phi) is 5.68. The van der Waals surface area contributed by atoms with Gasteiger partial charge in [0.2, 0.25) is 5.91 Å². The van der Waals surface area contributed by atoms with E-state index in [9.17, 15) is 4.79 Å². The van der Waals surface area contributed by atoms with Crippen molar-refractivity contribution in [3.63, 3.8) is 0 Å². The van der Waals surface area contributed by atoms with E-state index in [-0.39, 0.29) is 17.4 Å². The second-order valence-electron chi connectivity index (χ2n) is 11.9. The van der Waals surface area contributed by atoms with Gasteiger partial charge in [-0.1, -0.05) is 53.9 Å². The summed E-state index contributed by atoms with van der Waals surface area (Å²) in [4.78, 5) is 12.0. The van der Waals surface area contributed by atoms with Crippen molar-refractivity contribution in [2.45, 2.75) is 98.4 Å². The maximum Gasteiger partial charge on any atom is 0.224 e. The van der Waals surface area contributed by atoms with Gasteiger partial charge in [0.1, 0.15) is 0 Å². The normalized spacial score (nSPS) is 45.1. The Morgan fingerprint density at radius 1 is 1.10 bits per heavy atom. The molecule has 0 bridgehead atoms. The number of piperidine rings is 1. The van der Waals surface area contributed by atoms with E-state index in [1.807, 2.05) is 0 Å². The van der Waals surface area contributed by atoms with Crippen molar-refractivity contribution >= 4 is 5.91 Å². The van der Waals surface area contributed by atoms with E-state index in [1.165, 1.54) is 44.9 Å². The summed E-state index contributed by atoms with van der Waals surface area (Å²) in [7, 11) is 0. The van der Waals surface area contributed by atoms with Crippen LogP contribution in [0.4, 0.5) is 0 Å². The van der Waals surface area contributed by atoms with Gasteiger partial charge in [-0.25, -0.2) is 0 Å². The molecule has 0 spiro atoms. The van der Waals surface area contributed by atoms with Crippen LogP contribution < -0.4 is 11.1 Å². The minimum absolute atomic E-state index is 0.0982. The summed E-state index contributed by atoms with van der Waals surface area (Å²) in [5, 5.41) is 3.19. The summed E-state index contributed by atoms with van der Waals surface area (Å²) in [5.41, 5.74) is 8.54. The SMILES string of the molecule is CC(C)CCCC(C)C1CCC2C3C(N)C=C4NC(=O)CC[C@]4(C)C3CC[C@]12C. The molecule has 3 aliphatic carbocycles. The fourth-order valence-corrected chi connectivity index (χ4v) is 8.28. The van der Waals surface area contributed by atoms with Gasteiger partial charge in [0.15, 0.2) is 0 Å². The number of nitrogens with one attached hydrogen (secondary N) is 1. The van der Waals surface area contributed by atoms with Crippen LogP contribution in [0.2, 0.25) is 0 Å². The molecule has 1 aliphatic heterocycles. The zero-order chi connectivity index (χ0) is 21.0. The van der Waals surface area contributed by atoms with E-state index < -0.39 is 0 Å². The van der Waals surface area contributed by atoms with Crippen LogP contribution in [-0.2, 0) is 4.79 Å². The molecule has 3 fully saturated rings. The van der Waals surface area contributed by atoms with Crippen LogP contribution in [-0.4, -0.2) is 11.9 Å². The van der Waals surface area contributed by atoms with Gasteiger partial charge in [0, 0.05) is 23.6 Å². The number of hydrogen-bond donors (Lipinski definition) is 2. The van der Waals surface area contributed by atoms with Crippen molar-refractivity contribution < 1.29 is 4.79 Å². The van der Waals surface area contributed by atoms with Gasteiger partial charge in [0.05, 0.1) is 0 Å². The smallest absolute Gasteiger partial charge is 0.224 e. The number of fused-ring (bicyclic) bond motifs is 5. The maximum absolute atomic E-state index is 12.0. The number of nitrogens with two attached hydrogens (primary N) is 1. The first-order valence-corrected chi connectivity index (χ1v) is 12.4. The molecule has 1 amide bonds. The lowest BCUT2D eigenvalue weighted by Crippen LogP contribution is -2.58. The van der Waals surface area contributed by atoms with E-state index in [4.69, 9.17) is 5.73 Å². The van der Waals surface area contributed by atoms with E-state index in [2.05, 4.69) is 46.0 Å². The summed E-state index contributed by atoms with van der Waals surface area (Å²) in [6.45, 7) is 12.2. The van der Waals surface area contributed by atoms with Crippen molar-refractivity contribution in [3.8, 4) is 0 Å². The third kappa shape index (κ3) is 3.50. The van der Waals surface area contributed by atoms with E-state index in [1.54, 1.807) is 0 Å². The molecule has 0 radical (unpaired) electrons. The summed E-state index contributed by atoms with van der Waals surface area (Å²) in [6.07, 6.45) is 13.4. The van der Waals surface area contributed by atoms with Gasteiger partial charge in [-0.2, -0.15) is 0 Å². The fourth-order valence-electron chi connectivity index (χ4n) is 8.28. The molecule has 2 saturated carbocycles. The van der Waals surface area contributed by atoms with Gasteiger partial charge in [0.25, 0.3) is 0 Å². The molecule has 0 aromatic heterocycles. The largest absolute Gasteiger partial charge is 0.329 e. The zero-order valence-corrected chi connectivity index (χ0v) is 19.5. The first-order chi connectivity index (χ1) is 13.7. The maximum atomic E-state index is 12.0. The molecule has 1 saturated heterocycles. The molecule has 3 nitrogen and oxygen atoms in total. The Balaban J connectivity index is 1.54. The monoisotopic (exact) mass is 400 g/mol. The Morgan fingerprint density at radius 2 is 1.86 bits per heavy atom. The molecule has 0 aromatic rings. The number of carbonyl (C=O) groups excluding carboxylic acids is 1. The lowest BCUT2D eigenvalue weighted by molar-refractivity contribution is -0.125. The minimum atomic E-state index is 0.0982. The summed E-state index contributed by atoms with van der Waals surface area (Å²) >= 11 is 0. The van der Waals surface area contributed by atoms with Crippen molar-refractivity contribution in [2.75, 3.05) is 0 Å². The van der Waals surface area contributed by atoms with Crippen molar-refractivity contribution in [1.29, 1.82) is 0 Å². The van der Waals surface area contributed by atoms with Crippen LogP contribution in [0.5, 0.6) is 0 Å². The fraction of sp³-hybridized carbons (Fsp3) is 0.885. The Hall–Kier alpha value is -0.830. The topological polar surface area (TPSA) is 55.1 Å². The molecule has 6 unspecified atom stereocenters. The van der Waals surface area contributed by atoms with Crippen LogP contribution in [0.15, 0.2) is 11.8 Å². The van der Waals surface area contributed by atoms with Gasteiger partial charge >= 0.3 is 0 Å². The van der Waals surface area contributed by atoms with E-state index in [0.717, 1.165) is 35.8 Å². The average Bonchev–Trinajstić information content (AvgIpc) is 3.00. The molecular weight excluding hydrogens is 356 g/mol. The second kappa shape index (κ2) is 7.70. The highest BCUT2D eigenvalue weighted by molar-refractivity contribution is 5.79. The van der Waals surface area contributed by atoms with Crippen LogP contribution in [0, 0.1) is 46.3 Å². The standard InChI is InChI=1S/C26H44N2O/c1-16(2)7-6-8-17(3)18-9-10-19-24-20(11-13-25(18,19)4)26(5)14-12-23(29)28-22(26)15-21(24)27/h15-21,24H,6-14,27H2,1-5H3,(H,28,29)/t17?,18?,19?,20?,21?,24?,25-,26-/m1/s1. The summed E-state index contributed by atoms with van der Waals surface area (Å²) < 4.78 is 0. The van der Waals surface area contributed by atoms with Crippen LogP contribution in [0.25, 0.3) is 0 Å². The third-order valence-corrected chi connectivity index (χ3v) is 9.92.